The maximum atomic E-state index is 13.6. The van der Waals surface area contributed by atoms with E-state index in [2.05, 4.69) is 29.7 Å². The van der Waals surface area contributed by atoms with Gasteiger partial charge in [-0.25, -0.2) is 4.98 Å². The molecule has 0 saturated carbocycles. The Kier molecular flexibility index (Phi) is 6.59. The molecule has 4 rings (SSSR count). The van der Waals surface area contributed by atoms with Gasteiger partial charge in [-0.2, -0.15) is 0 Å². The number of hydrogen-bond donors (Lipinski definition) is 0. The molecular formula is C28H31N3O3. The van der Waals surface area contributed by atoms with E-state index in [4.69, 9.17) is 14.5 Å². The van der Waals surface area contributed by atoms with Crippen molar-refractivity contribution in [2.45, 2.75) is 40.3 Å². The van der Waals surface area contributed by atoms with Crippen LogP contribution in [0.5, 0.6) is 11.5 Å². The van der Waals surface area contributed by atoms with E-state index in [1.165, 1.54) is 0 Å². The summed E-state index contributed by atoms with van der Waals surface area (Å²) in [4.78, 5) is 20.5. The van der Waals surface area contributed by atoms with Gasteiger partial charge in [-0.3, -0.25) is 9.36 Å². The van der Waals surface area contributed by atoms with Gasteiger partial charge in [0, 0.05) is 17.3 Å². The van der Waals surface area contributed by atoms with E-state index < -0.39 is 0 Å². The SMILES string of the molecule is COc1ccc(-n2c(CN(C(=O)c3ccc(OC)cc3C)C(C)C)nc3cc(C)ccc32)cc1. The number of nitrogens with zero attached hydrogens (tertiary/aromatic N) is 3. The number of carbonyl (C=O) groups excluding carboxylic acids is 1. The number of aromatic nitrogens is 2. The minimum Gasteiger partial charge on any atom is -0.497 e. The summed E-state index contributed by atoms with van der Waals surface area (Å²) < 4.78 is 12.8. The van der Waals surface area contributed by atoms with Crippen LogP contribution in [0.25, 0.3) is 16.7 Å². The number of imidazole rings is 1. The minimum atomic E-state index is -0.0281. The van der Waals surface area contributed by atoms with Gasteiger partial charge in [-0.05, 0) is 93.4 Å². The first kappa shape index (κ1) is 23.4. The molecule has 1 heterocycles. The second-order valence-electron chi connectivity index (χ2n) is 8.76. The van der Waals surface area contributed by atoms with Crippen LogP contribution in [0.1, 0.15) is 41.2 Å². The second-order valence-corrected chi connectivity index (χ2v) is 8.76. The molecule has 0 aliphatic heterocycles. The number of amides is 1. The van der Waals surface area contributed by atoms with Gasteiger partial charge < -0.3 is 14.4 Å². The Balaban J connectivity index is 1.79. The molecule has 1 amide bonds. The molecule has 0 saturated heterocycles. The monoisotopic (exact) mass is 457 g/mol. The van der Waals surface area contributed by atoms with Crippen LogP contribution < -0.4 is 9.47 Å². The average molecular weight is 458 g/mol. The first-order valence-corrected chi connectivity index (χ1v) is 11.4. The largest absolute Gasteiger partial charge is 0.497 e. The summed E-state index contributed by atoms with van der Waals surface area (Å²) in [6, 6.07) is 19.7. The van der Waals surface area contributed by atoms with Crippen LogP contribution in [0.3, 0.4) is 0 Å². The molecule has 0 spiro atoms. The van der Waals surface area contributed by atoms with Gasteiger partial charge in [0.2, 0.25) is 0 Å². The van der Waals surface area contributed by atoms with Gasteiger partial charge in [0.1, 0.15) is 17.3 Å². The lowest BCUT2D eigenvalue weighted by Crippen LogP contribution is -2.37. The van der Waals surface area contributed by atoms with Gasteiger partial charge in [-0.1, -0.05) is 6.07 Å². The normalized spacial score (nSPS) is 11.1. The molecule has 4 aromatic rings. The number of benzene rings is 3. The van der Waals surface area contributed by atoms with E-state index in [1.54, 1.807) is 14.2 Å². The fourth-order valence-corrected chi connectivity index (χ4v) is 4.16. The highest BCUT2D eigenvalue weighted by Gasteiger charge is 2.24. The number of methoxy groups -OCH3 is 2. The molecule has 0 N–H and O–H groups in total. The van der Waals surface area contributed by atoms with E-state index in [0.29, 0.717) is 12.1 Å². The first-order chi connectivity index (χ1) is 16.3. The third-order valence-electron chi connectivity index (χ3n) is 6.07. The molecule has 0 aliphatic rings. The van der Waals surface area contributed by atoms with Gasteiger partial charge in [-0.15, -0.1) is 0 Å². The molecule has 0 radical (unpaired) electrons. The molecule has 176 valence electrons. The highest BCUT2D eigenvalue weighted by atomic mass is 16.5. The third kappa shape index (κ3) is 4.49. The predicted octanol–water partition coefficient (Wildman–Crippen LogP) is 5.71. The maximum Gasteiger partial charge on any atom is 0.254 e. The van der Waals surface area contributed by atoms with Crippen LogP contribution in [-0.4, -0.2) is 40.6 Å². The molecule has 6 heteroatoms. The summed E-state index contributed by atoms with van der Waals surface area (Å²) in [7, 11) is 3.28. The Morgan fingerprint density at radius 2 is 1.62 bits per heavy atom. The number of ether oxygens (including phenoxy) is 2. The van der Waals surface area contributed by atoms with Gasteiger partial charge >= 0.3 is 0 Å². The lowest BCUT2D eigenvalue weighted by atomic mass is 10.1. The molecule has 34 heavy (non-hydrogen) atoms. The number of rotatable bonds is 7. The summed E-state index contributed by atoms with van der Waals surface area (Å²) in [5, 5.41) is 0. The van der Waals surface area contributed by atoms with Crippen molar-refractivity contribution in [2.24, 2.45) is 0 Å². The molecule has 6 nitrogen and oxygen atoms in total. The summed E-state index contributed by atoms with van der Waals surface area (Å²) >= 11 is 0. The molecule has 0 unspecified atom stereocenters. The standard InChI is InChI=1S/C28H31N3O3/c1-18(2)30(28(32)24-13-12-23(34-6)16-20(24)4)17-27-29-25-15-19(3)7-14-26(25)31(27)21-8-10-22(33-5)11-9-21/h7-16,18H,17H2,1-6H3. The minimum absolute atomic E-state index is 0.0140. The van der Waals surface area contributed by atoms with Crippen LogP contribution in [-0.2, 0) is 6.54 Å². The zero-order valence-corrected chi connectivity index (χ0v) is 20.6. The quantitative estimate of drug-likeness (QED) is 0.357. The number of carbonyl (C=O) groups is 1. The highest BCUT2D eigenvalue weighted by molar-refractivity contribution is 5.96. The molecule has 0 bridgehead atoms. The molecular weight excluding hydrogens is 426 g/mol. The molecule has 3 aromatic carbocycles. The summed E-state index contributed by atoms with van der Waals surface area (Å²) in [5.74, 6) is 2.31. The average Bonchev–Trinajstić information content (AvgIpc) is 3.18. The zero-order valence-electron chi connectivity index (χ0n) is 20.6. The maximum absolute atomic E-state index is 13.6. The summed E-state index contributed by atoms with van der Waals surface area (Å²) in [5.41, 5.74) is 5.57. The Morgan fingerprint density at radius 1 is 0.941 bits per heavy atom. The Labute approximate surface area is 200 Å². The lowest BCUT2D eigenvalue weighted by Gasteiger charge is -2.27. The third-order valence-corrected chi connectivity index (χ3v) is 6.07. The van der Waals surface area contributed by atoms with Crippen molar-refractivity contribution < 1.29 is 14.3 Å². The number of aryl methyl sites for hydroxylation is 2. The fourth-order valence-electron chi connectivity index (χ4n) is 4.16. The number of fused-ring (bicyclic) bond motifs is 1. The van der Waals surface area contributed by atoms with E-state index in [1.807, 2.05) is 68.1 Å². The van der Waals surface area contributed by atoms with Gasteiger partial charge in [0.25, 0.3) is 5.91 Å². The van der Waals surface area contributed by atoms with Crippen LogP contribution >= 0.6 is 0 Å². The van der Waals surface area contributed by atoms with Crippen molar-refractivity contribution in [1.29, 1.82) is 0 Å². The smallest absolute Gasteiger partial charge is 0.254 e. The molecule has 0 fully saturated rings. The fraction of sp³-hybridized carbons (Fsp3) is 0.286. The predicted molar refractivity (Wildman–Crippen MR) is 135 cm³/mol. The van der Waals surface area contributed by atoms with E-state index in [9.17, 15) is 4.79 Å². The second kappa shape index (κ2) is 9.59. The Hall–Kier alpha value is -3.80. The topological polar surface area (TPSA) is 56.6 Å². The van der Waals surface area contributed by atoms with Crippen LogP contribution in [0, 0.1) is 13.8 Å². The van der Waals surface area contributed by atoms with Crippen molar-refractivity contribution in [3.63, 3.8) is 0 Å². The van der Waals surface area contributed by atoms with Crippen molar-refractivity contribution in [3.8, 4) is 17.2 Å². The van der Waals surface area contributed by atoms with Gasteiger partial charge in [0.05, 0.1) is 31.8 Å². The number of hydrogen-bond acceptors (Lipinski definition) is 4. The zero-order chi connectivity index (χ0) is 24.4. The van der Waals surface area contributed by atoms with E-state index in [0.717, 1.165) is 45.2 Å². The molecule has 1 aromatic heterocycles. The Morgan fingerprint density at radius 3 is 2.24 bits per heavy atom. The van der Waals surface area contributed by atoms with Crippen molar-refractivity contribution in [1.82, 2.24) is 14.5 Å². The molecule has 0 atom stereocenters. The van der Waals surface area contributed by atoms with Crippen LogP contribution in [0.4, 0.5) is 0 Å². The van der Waals surface area contributed by atoms with Crippen molar-refractivity contribution in [2.75, 3.05) is 14.2 Å². The van der Waals surface area contributed by atoms with Crippen LogP contribution in [0.2, 0.25) is 0 Å². The van der Waals surface area contributed by atoms with Crippen molar-refractivity contribution >= 4 is 16.9 Å². The molecule has 0 aliphatic carbocycles. The first-order valence-electron chi connectivity index (χ1n) is 11.4. The highest BCUT2D eigenvalue weighted by Crippen LogP contribution is 2.27. The van der Waals surface area contributed by atoms with Crippen molar-refractivity contribution in [3.05, 3.63) is 83.2 Å². The summed E-state index contributed by atoms with van der Waals surface area (Å²) in [6.07, 6.45) is 0. The van der Waals surface area contributed by atoms with E-state index in [-0.39, 0.29) is 11.9 Å². The van der Waals surface area contributed by atoms with Gasteiger partial charge in [0.15, 0.2) is 0 Å². The Bertz CT molecular complexity index is 1320. The lowest BCUT2D eigenvalue weighted by molar-refractivity contribution is 0.0683. The van der Waals surface area contributed by atoms with E-state index >= 15 is 0 Å². The van der Waals surface area contributed by atoms with Crippen LogP contribution in [0.15, 0.2) is 60.7 Å². The summed E-state index contributed by atoms with van der Waals surface area (Å²) in [6.45, 7) is 8.43.